The van der Waals surface area contributed by atoms with Crippen molar-refractivity contribution in [2.24, 2.45) is 0 Å². The van der Waals surface area contributed by atoms with Crippen LogP contribution in [0.3, 0.4) is 0 Å². The van der Waals surface area contributed by atoms with E-state index >= 15 is 0 Å². The van der Waals surface area contributed by atoms with E-state index < -0.39 is 5.97 Å². The Bertz CT molecular complexity index is 439. The molecule has 1 heterocycles. The Kier molecular flexibility index (Phi) is 3.55. The lowest BCUT2D eigenvalue weighted by atomic mass is 10.2. The molecule has 0 aliphatic carbocycles. The van der Waals surface area contributed by atoms with Crippen LogP contribution in [0.1, 0.15) is 12.0 Å². The number of hydrogen-bond acceptors (Lipinski definition) is 3. The summed E-state index contributed by atoms with van der Waals surface area (Å²) in [6.07, 6.45) is 3.59. The quantitative estimate of drug-likeness (QED) is 0.447. The second-order valence-electron chi connectivity index (χ2n) is 3.74. The lowest BCUT2D eigenvalue weighted by Crippen LogP contribution is -2.44. The highest BCUT2D eigenvalue weighted by Crippen LogP contribution is 2.07. The Morgan fingerprint density at radius 2 is 2.12 bits per heavy atom. The number of amides is 1. The van der Waals surface area contributed by atoms with Gasteiger partial charge in [0.15, 0.2) is 6.73 Å². The van der Waals surface area contributed by atoms with E-state index in [0.29, 0.717) is 13.0 Å². The van der Waals surface area contributed by atoms with Gasteiger partial charge in [0.05, 0.1) is 0 Å². The summed E-state index contributed by atoms with van der Waals surface area (Å²) in [5, 5.41) is 0. The maximum Gasteiger partial charge on any atom is 0.332 e. The van der Waals surface area contributed by atoms with E-state index in [1.165, 1.54) is 11.0 Å². The van der Waals surface area contributed by atoms with Gasteiger partial charge in [-0.05, 0) is 11.6 Å². The molecule has 0 unspecified atom stereocenters. The van der Waals surface area contributed by atoms with E-state index in [1.807, 2.05) is 30.3 Å². The highest BCUT2D eigenvalue weighted by molar-refractivity contribution is 5.87. The molecular formula is C13H13NO3. The molecule has 0 radical (unpaired) electrons. The van der Waals surface area contributed by atoms with Crippen molar-refractivity contribution in [2.75, 3.05) is 13.3 Å². The van der Waals surface area contributed by atoms with Gasteiger partial charge in [0, 0.05) is 19.0 Å². The smallest absolute Gasteiger partial charge is 0.332 e. The summed E-state index contributed by atoms with van der Waals surface area (Å²) in [5.41, 5.74) is 0.935. The first-order chi connectivity index (χ1) is 8.25. The molecule has 0 atom stereocenters. The third kappa shape index (κ3) is 3.17. The van der Waals surface area contributed by atoms with Crippen LogP contribution in [0.25, 0.3) is 6.08 Å². The number of benzene rings is 1. The molecule has 1 fully saturated rings. The zero-order valence-electron chi connectivity index (χ0n) is 9.33. The topological polar surface area (TPSA) is 46.6 Å². The van der Waals surface area contributed by atoms with E-state index in [2.05, 4.69) is 0 Å². The molecule has 88 valence electrons. The Morgan fingerprint density at radius 1 is 1.35 bits per heavy atom. The molecule has 1 saturated heterocycles. The number of hydrogen-bond donors (Lipinski definition) is 0. The molecule has 0 aromatic heterocycles. The molecule has 17 heavy (non-hydrogen) atoms. The third-order valence-electron chi connectivity index (χ3n) is 2.52. The minimum absolute atomic E-state index is 0.0323. The van der Waals surface area contributed by atoms with Crippen molar-refractivity contribution >= 4 is 18.0 Å². The van der Waals surface area contributed by atoms with Gasteiger partial charge >= 0.3 is 5.97 Å². The van der Waals surface area contributed by atoms with E-state index in [9.17, 15) is 9.59 Å². The van der Waals surface area contributed by atoms with Crippen LogP contribution in [0.5, 0.6) is 0 Å². The van der Waals surface area contributed by atoms with Crippen LogP contribution in [-0.4, -0.2) is 30.1 Å². The molecule has 0 N–H and O–H groups in total. The molecule has 0 spiro atoms. The van der Waals surface area contributed by atoms with Gasteiger partial charge in [-0.3, -0.25) is 4.79 Å². The molecule has 1 aromatic rings. The zero-order chi connectivity index (χ0) is 12.1. The Labute approximate surface area is 99.5 Å². The number of likely N-dealkylation sites (tertiary alicyclic amines) is 1. The molecule has 0 saturated carbocycles. The van der Waals surface area contributed by atoms with Gasteiger partial charge in [-0.2, -0.15) is 0 Å². The van der Waals surface area contributed by atoms with Gasteiger partial charge in [0.2, 0.25) is 5.91 Å². The SMILES string of the molecule is O=C(/C=C/c1ccccc1)OCN1CCC1=O. The molecular weight excluding hydrogens is 218 g/mol. The molecule has 2 rings (SSSR count). The van der Waals surface area contributed by atoms with Crippen LogP contribution in [0.4, 0.5) is 0 Å². The number of carbonyl (C=O) groups excluding carboxylic acids is 2. The van der Waals surface area contributed by atoms with E-state index in [0.717, 1.165) is 5.56 Å². The average molecular weight is 231 g/mol. The Balaban J connectivity index is 1.77. The summed E-state index contributed by atoms with van der Waals surface area (Å²) in [7, 11) is 0. The molecule has 1 amide bonds. The second kappa shape index (κ2) is 5.30. The van der Waals surface area contributed by atoms with Crippen molar-refractivity contribution < 1.29 is 14.3 Å². The van der Waals surface area contributed by atoms with Crippen LogP contribution in [0.15, 0.2) is 36.4 Å². The molecule has 1 aromatic carbocycles. The first-order valence-corrected chi connectivity index (χ1v) is 5.43. The Hall–Kier alpha value is -2.10. The first kappa shape index (κ1) is 11.4. The number of nitrogens with zero attached hydrogens (tertiary/aromatic N) is 1. The maximum atomic E-state index is 11.3. The minimum atomic E-state index is -0.437. The molecule has 0 bridgehead atoms. The van der Waals surface area contributed by atoms with Crippen molar-refractivity contribution in [3.05, 3.63) is 42.0 Å². The van der Waals surface area contributed by atoms with Crippen LogP contribution >= 0.6 is 0 Å². The number of esters is 1. The molecule has 4 heteroatoms. The number of carbonyl (C=O) groups is 2. The fourth-order valence-corrected chi connectivity index (χ4v) is 1.42. The predicted molar refractivity (Wildman–Crippen MR) is 62.8 cm³/mol. The number of rotatable bonds is 4. The van der Waals surface area contributed by atoms with Crippen molar-refractivity contribution in [1.29, 1.82) is 0 Å². The summed E-state index contributed by atoms with van der Waals surface area (Å²) in [6, 6.07) is 9.48. The lowest BCUT2D eigenvalue weighted by Gasteiger charge is -2.29. The normalized spacial score (nSPS) is 14.8. The largest absolute Gasteiger partial charge is 0.441 e. The van der Waals surface area contributed by atoms with Gasteiger partial charge in [-0.15, -0.1) is 0 Å². The fourth-order valence-electron chi connectivity index (χ4n) is 1.42. The van der Waals surface area contributed by atoms with Crippen LogP contribution in [-0.2, 0) is 14.3 Å². The minimum Gasteiger partial charge on any atom is -0.441 e. The summed E-state index contributed by atoms with van der Waals surface area (Å²) in [4.78, 5) is 23.8. The first-order valence-electron chi connectivity index (χ1n) is 5.43. The third-order valence-corrected chi connectivity index (χ3v) is 2.52. The summed E-state index contributed by atoms with van der Waals surface area (Å²) in [6.45, 7) is 0.727. The predicted octanol–water partition coefficient (Wildman–Crippen LogP) is 1.43. The van der Waals surface area contributed by atoms with Crippen molar-refractivity contribution in [3.8, 4) is 0 Å². The van der Waals surface area contributed by atoms with E-state index in [4.69, 9.17) is 4.74 Å². The van der Waals surface area contributed by atoms with Crippen LogP contribution in [0.2, 0.25) is 0 Å². The fraction of sp³-hybridized carbons (Fsp3) is 0.231. The van der Waals surface area contributed by atoms with Crippen LogP contribution < -0.4 is 0 Å². The maximum absolute atomic E-state index is 11.3. The molecule has 1 aliphatic rings. The zero-order valence-corrected chi connectivity index (χ0v) is 9.33. The van der Waals surface area contributed by atoms with Crippen LogP contribution in [0, 0.1) is 0 Å². The summed E-state index contributed by atoms with van der Waals surface area (Å²) in [5.74, 6) is -0.404. The molecule has 4 nitrogen and oxygen atoms in total. The van der Waals surface area contributed by atoms with E-state index in [1.54, 1.807) is 6.08 Å². The summed E-state index contributed by atoms with van der Waals surface area (Å²) >= 11 is 0. The van der Waals surface area contributed by atoms with Gasteiger partial charge in [0.25, 0.3) is 0 Å². The monoisotopic (exact) mass is 231 g/mol. The number of ether oxygens (including phenoxy) is 1. The van der Waals surface area contributed by atoms with Gasteiger partial charge in [-0.25, -0.2) is 4.79 Å². The molecule has 1 aliphatic heterocycles. The van der Waals surface area contributed by atoms with Gasteiger partial charge in [-0.1, -0.05) is 30.3 Å². The number of β-lactam (4-membered cyclic amide) rings is 1. The van der Waals surface area contributed by atoms with Gasteiger partial charge < -0.3 is 9.64 Å². The van der Waals surface area contributed by atoms with Crippen molar-refractivity contribution in [1.82, 2.24) is 4.90 Å². The average Bonchev–Trinajstić information content (AvgIpc) is 2.36. The lowest BCUT2D eigenvalue weighted by molar-refractivity contribution is -0.155. The van der Waals surface area contributed by atoms with Crippen molar-refractivity contribution in [2.45, 2.75) is 6.42 Å². The van der Waals surface area contributed by atoms with Crippen molar-refractivity contribution in [3.63, 3.8) is 0 Å². The second-order valence-corrected chi connectivity index (χ2v) is 3.74. The highest BCUT2D eigenvalue weighted by atomic mass is 16.5. The van der Waals surface area contributed by atoms with E-state index in [-0.39, 0.29) is 12.6 Å². The Morgan fingerprint density at radius 3 is 2.71 bits per heavy atom. The summed E-state index contributed by atoms with van der Waals surface area (Å²) < 4.78 is 4.92. The highest BCUT2D eigenvalue weighted by Gasteiger charge is 2.23. The standard InChI is InChI=1S/C13H13NO3/c15-12-8-9-14(12)10-17-13(16)7-6-11-4-2-1-3-5-11/h1-7H,8-10H2/b7-6+. The van der Waals surface area contributed by atoms with Gasteiger partial charge in [0.1, 0.15) is 0 Å².